The van der Waals surface area contributed by atoms with Crippen molar-refractivity contribution in [3.05, 3.63) is 42.6 Å². The summed E-state index contributed by atoms with van der Waals surface area (Å²) in [5, 5.41) is 17.5. The molecule has 0 unspecified atom stereocenters. The van der Waals surface area contributed by atoms with Gasteiger partial charge in [-0.15, -0.1) is 0 Å². The molecule has 3 atom stereocenters. The van der Waals surface area contributed by atoms with Gasteiger partial charge >= 0.3 is 0 Å². The van der Waals surface area contributed by atoms with Crippen molar-refractivity contribution < 1.29 is 19.4 Å². The largest absolute Gasteiger partial charge is 0.390 e. The molecule has 6 rings (SSSR count). The van der Waals surface area contributed by atoms with E-state index >= 15 is 0 Å². The molecule has 0 radical (unpaired) electrons. The summed E-state index contributed by atoms with van der Waals surface area (Å²) < 4.78 is 7.54. The average molecular weight is 576 g/mol. The average Bonchev–Trinajstić information content (AvgIpc) is 3.55. The molecule has 3 fully saturated rings. The van der Waals surface area contributed by atoms with E-state index in [1.165, 1.54) is 0 Å². The Bertz CT molecular complexity index is 1420. The Hall–Kier alpha value is -3.41. The smallest absolute Gasteiger partial charge is 0.228 e. The minimum atomic E-state index is -0.398. The van der Waals surface area contributed by atoms with E-state index in [4.69, 9.17) is 4.74 Å². The number of fused-ring (bicyclic) bond motifs is 1. The second kappa shape index (κ2) is 12.1. The van der Waals surface area contributed by atoms with Crippen LogP contribution >= 0.6 is 0 Å². The highest BCUT2D eigenvalue weighted by Gasteiger charge is 2.41. The van der Waals surface area contributed by atoms with E-state index in [1.807, 2.05) is 43.1 Å². The summed E-state index contributed by atoms with van der Waals surface area (Å²) in [6, 6.07) is 6.49. The lowest BCUT2D eigenvalue weighted by Gasteiger charge is -2.49. The van der Waals surface area contributed by atoms with Crippen molar-refractivity contribution in [3.8, 4) is 11.1 Å². The van der Waals surface area contributed by atoms with Gasteiger partial charge in [0.2, 0.25) is 11.8 Å². The number of ether oxygens (including phenoxy) is 1. The fraction of sp³-hybridized carbons (Fsp3) is 0.581. The Morgan fingerprint density at radius 1 is 1.12 bits per heavy atom. The van der Waals surface area contributed by atoms with Gasteiger partial charge in [-0.25, -0.2) is 14.5 Å². The summed E-state index contributed by atoms with van der Waals surface area (Å²) in [7, 11) is 0. The predicted molar refractivity (Wildman–Crippen MR) is 157 cm³/mol. The molecule has 0 bridgehead atoms. The van der Waals surface area contributed by atoms with E-state index in [9.17, 15) is 14.7 Å². The Balaban J connectivity index is 1.01. The first-order chi connectivity index (χ1) is 20.2. The molecule has 0 aromatic carbocycles. The van der Waals surface area contributed by atoms with Crippen molar-refractivity contribution >= 4 is 23.1 Å². The number of nitrogens with zero attached hydrogens (tertiary/aromatic N) is 6. The van der Waals surface area contributed by atoms with Crippen LogP contribution in [0.1, 0.15) is 58.7 Å². The van der Waals surface area contributed by atoms with Gasteiger partial charge in [0.25, 0.3) is 0 Å². The lowest BCUT2D eigenvalue weighted by molar-refractivity contribution is -0.139. The molecule has 0 spiro atoms. The number of carbonyl (C=O) groups excluding carboxylic acids is 2. The molecule has 2 aliphatic carbocycles. The summed E-state index contributed by atoms with van der Waals surface area (Å²) in [5.41, 5.74) is 2.68. The summed E-state index contributed by atoms with van der Waals surface area (Å²) in [6.45, 7) is 8.73. The minimum absolute atomic E-state index is 0.00693. The second-order valence-electron chi connectivity index (χ2n) is 12.4. The van der Waals surface area contributed by atoms with Crippen molar-refractivity contribution in [2.75, 3.05) is 25.0 Å². The molecule has 2 saturated carbocycles. The van der Waals surface area contributed by atoms with Crippen LogP contribution in [0.25, 0.3) is 16.6 Å². The van der Waals surface area contributed by atoms with E-state index in [-0.39, 0.29) is 36.4 Å². The molecule has 42 heavy (non-hydrogen) atoms. The maximum Gasteiger partial charge on any atom is 0.228 e. The first-order valence-electron chi connectivity index (χ1n) is 15.2. The van der Waals surface area contributed by atoms with Crippen LogP contribution < -0.4 is 5.32 Å². The number of amides is 2. The molecule has 4 heterocycles. The number of aliphatic hydroxyl groups excluding tert-OH is 1. The van der Waals surface area contributed by atoms with Gasteiger partial charge in [0.05, 0.1) is 17.7 Å². The van der Waals surface area contributed by atoms with Crippen LogP contribution in [0.15, 0.2) is 36.8 Å². The number of carbonyl (C=O) groups is 2. The van der Waals surface area contributed by atoms with Crippen LogP contribution in [0.3, 0.4) is 0 Å². The highest BCUT2D eigenvalue weighted by Crippen LogP contribution is 2.35. The number of nitrogens with one attached hydrogen (secondary N) is 1. The van der Waals surface area contributed by atoms with E-state index in [2.05, 4.69) is 32.2 Å². The van der Waals surface area contributed by atoms with Gasteiger partial charge < -0.3 is 20.1 Å². The third kappa shape index (κ3) is 6.04. The molecule has 3 aliphatic rings. The number of hydrogen-bond acceptors (Lipinski definition) is 8. The van der Waals surface area contributed by atoms with Crippen molar-refractivity contribution in [2.24, 2.45) is 11.8 Å². The summed E-state index contributed by atoms with van der Waals surface area (Å²) in [6.07, 6.45) is 9.18. The molecule has 11 nitrogen and oxygen atoms in total. The van der Waals surface area contributed by atoms with Crippen LogP contribution in [-0.4, -0.2) is 90.2 Å². The number of anilines is 1. The molecule has 224 valence electrons. The molecule has 1 aliphatic heterocycles. The van der Waals surface area contributed by atoms with Crippen molar-refractivity contribution in [1.82, 2.24) is 29.4 Å². The number of aromatic nitrogens is 4. The van der Waals surface area contributed by atoms with Gasteiger partial charge in [0.15, 0.2) is 11.6 Å². The lowest BCUT2D eigenvalue weighted by atomic mass is 9.78. The zero-order valence-electron chi connectivity index (χ0n) is 24.6. The van der Waals surface area contributed by atoms with E-state index in [0.29, 0.717) is 23.7 Å². The third-order valence-electron chi connectivity index (χ3n) is 9.03. The highest BCUT2D eigenvalue weighted by molar-refractivity contribution is 5.93. The van der Waals surface area contributed by atoms with E-state index in [0.717, 1.165) is 68.4 Å². The van der Waals surface area contributed by atoms with Gasteiger partial charge in [-0.05, 0) is 56.7 Å². The van der Waals surface area contributed by atoms with Crippen LogP contribution in [0.2, 0.25) is 0 Å². The molecule has 11 heteroatoms. The SMILES string of the molecule is CC(C)C(=O)N1CCN(C2CC(C(=O)Nc3cc4cc(-c5cnc(CO[C@H]6CCC[C@@H]6O)nc5)ccn4n3)C2)[C@@H](C)C1. The van der Waals surface area contributed by atoms with Crippen molar-refractivity contribution in [2.45, 2.75) is 83.8 Å². The second-order valence-corrected chi connectivity index (χ2v) is 12.4. The monoisotopic (exact) mass is 575 g/mol. The predicted octanol–water partition coefficient (Wildman–Crippen LogP) is 3.13. The quantitative estimate of drug-likeness (QED) is 0.420. The first kappa shape index (κ1) is 28.7. The Morgan fingerprint density at radius 2 is 1.90 bits per heavy atom. The number of aliphatic hydroxyl groups is 1. The van der Waals surface area contributed by atoms with Gasteiger partial charge in [-0.2, -0.15) is 5.10 Å². The standard InChI is InChI=1S/C31H41N7O4/c1-19(2)31(41)36-9-10-37(20(3)17-36)24-12-22(13-24)30(40)34-28-14-25-11-21(7-8-38(25)35-28)23-15-32-29(33-16-23)18-42-27-6-4-5-26(27)39/h7-8,11,14-16,19-20,22,24,26-27,39H,4-6,9-10,12-13,17-18H2,1-3H3,(H,34,35,40)/t20-,22?,24?,26-,27-/m0/s1. The maximum atomic E-state index is 13.0. The minimum Gasteiger partial charge on any atom is -0.390 e. The fourth-order valence-corrected chi connectivity index (χ4v) is 6.48. The summed E-state index contributed by atoms with van der Waals surface area (Å²) in [4.78, 5) is 38.7. The van der Waals surface area contributed by atoms with Crippen LogP contribution in [0.5, 0.6) is 0 Å². The fourth-order valence-electron chi connectivity index (χ4n) is 6.48. The number of rotatable bonds is 8. The van der Waals surface area contributed by atoms with E-state index in [1.54, 1.807) is 16.9 Å². The Morgan fingerprint density at radius 3 is 2.60 bits per heavy atom. The Kier molecular flexibility index (Phi) is 8.24. The lowest BCUT2D eigenvalue weighted by Crippen LogP contribution is -2.60. The van der Waals surface area contributed by atoms with Crippen LogP contribution in [0, 0.1) is 11.8 Å². The highest BCUT2D eigenvalue weighted by atomic mass is 16.5. The van der Waals surface area contributed by atoms with Gasteiger partial charge in [0, 0.05) is 73.8 Å². The molecule has 2 N–H and O–H groups in total. The normalized spacial score (nSPS) is 26.5. The number of pyridine rings is 1. The third-order valence-corrected chi connectivity index (χ3v) is 9.03. The van der Waals surface area contributed by atoms with Gasteiger partial charge in [-0.1, -0.05) is 13.8 Å². The first-order valence-corrected chi connectivity index (χ1v) is 15.2. The topological polar surface area (TPSA) is 125 Å². The number of piperazine rings is 1. The zero-order chi connectivity index (χ0) is 29.4. The Labute approximate surface area is 246 Å². The molecular formula is C31H41N7O4. The molecule has 3 aromatic heterocycles. The molecule has 3 aromatic rings. The summed E-state index contributed by atoms with van der Waals surface area (Å²) >= 11 is 0. The zero-order valence-corrected chi connectivity index (χ0v) is 24.6. The molecule has 2 amide bonds. The number of hydrogen-bond donors (Lipinski definition) is 2. The maximum absolute atomic E-state index is 13.0. The molecular weight excluding hydrogens is 534 g/mol. The molecule has 1 saturated heterocycles. The van der Waals surface area contributed by atoms with Crippen LogP contribution in [0.4, 0.5) is 5.82 Å². The van der Waals surface area contributed by atoms with E-state index < -0.39 is 6.10 Å². The van der Waals surface area contributed by atoms with Gasteiger partial charge in [0.1, 0.15) is 6.61 Å². The van der Waals surface area contributed by atoms with Crippen LogP contribution in [-0.2, 0) is 20.9 Å². The van der Waals surface area contributed by atoms with Crippen molar-refractivity contribution in [3.63, 3.8) is 0 Å². The van der Waals surface area contributed by atoms with Gasteiger partial charge in [-0.3, -0.25) is 14.5 Å². The summed E-state index contributed by atoms with van der Waals surface area (Å²) in [5.74, 6) is 1.34. The van der Waals surface area contributed by atoms with Crippen molar-refractivity contribution in [1.29, 1.82) is 0 Å².